The topological polar surface area (TPSA) is 98.0 Å². The maximum atomic E-state index is 10.0. The third-order valence-electron chi connectivity index (χ3n) is 1.24. The third kappa shape index (κ3) is 2.94. The highest BCUT2D eigenvalue weighted by molar-refractivity contribution is 5.56. The lowest BCUT2D eigenvalue weighted by Crippen LogP contribution is -2.43. The Morgan fingerprint density at radius 3 is 2.00 bits per heavy atom. The molecule has 0 saturated heterocycles. The summed E-state index contributed by atoms with van der Waals surface area (Å²) in [4.78, 5) is 10.0. The van der Waals surface area contributed by atoms with Crippen LogP contribution in [-0.2, 0) is 4.79 Å². The van der Waals surface area contributed by atoms with Crippen molar-refractivity contribution < 1.29 is 26.6 Å². The predicted molar refractivity (Wildman–Crippen MR) is 35.8 cm³/mol. The van der Waals surface area contributed by atoms with Gasteiger partial charge in [-0.2, -0.15) is 0 Å². The minimum Gasteiger partial charge on any atom is -0.391 e. The molecule has 66 valence electrons. The first kappa shape index (κ1) is 8.61. The van der Waals surface area contributed by atoms with Gasteiger partial charge in [0.25, 0.3) is 0 Å². The first-order valence-corrected chi connectivity index (χ1v) is 3.06. The van der Waals surface area contributed by atoms with Gasteiger partial charge in [-0.1, -0.05) is 0 Å². The van der Waals surface area contributed by atoms with E-state index in [1.807, 2.05) is 0 Å². The Bertz CT molecular complexity index is 158. The Morgan fingerprint density at radius 2 is 1.73 bits per heavy atom. The molecule has 0 aromatic rings. The van der Waals surface area contributed by atoms with Gasteiger partial charge < -0.3 is 25.2 Å². The van der Waals surface area contributed by atoms with Crippen LogP contribution in [0.25, 0.3) is 0 Å². The first-order valence-electron chi connectivity index (χ1n) is 3.56. The molecule has 5 nitrogen and oxygen atoms in total. The molecule has 0 saturated carbocycles. The molecule has 0 aliphatic rings. The lowest BCUT2D eigenvalue weighted by Gasteiger charge is -2.21. The van der Waals surface area contributed by atoms with Crippen LogP contribution >= 0.6 is 0 Å². The molecule has 0 fully saturated rings. The van der Waals surface area contributed by atoms with Gasteiger partial charge in [-0.25, -0.2) is 0 Å². The van der Waals surface area contributed by atoms with Crippen LogP contribution in [0.5, 0.6) is 0 Å². The molecule has 5 heteroatoms. The summed E-state index contributed by atoms with van der Waals surface area (Å²) in [7, 11) is 0. The van der Waals surface area contributed by atoms with E-state index in [9.17, 15) is 4.79 Å². The smallest absolute Gasteiger partial charge is 0.151 e. The van der Waals surface area contributed by atoms with E-state index in [-0.39, 0.29) is 6.29 Å². The summed E-state index contributed by atoms with van der Waals surface area (Å²) in [6.45, 7) is 1.16. The Hall–Kier alpha value is -0.490. The molecule has 0 aliphatic heterocycles. The normalized spacial score (nSPS) is 26.1. The highest BCUT2D eigenvalue weighted by atomic mass is 16.4. The zero-order valence-electron chi connectivity index (χ0n) is 7.01. The van der Waals surface area contributed by atoms with E-state index in [1.54, 1.807) is 0 Å². The second-order valence-electron chi connectivity index (χ2n) is 2.22. The highest BCUT2D eigenvalue weighted by Gasteiger charge is 2.27. The Balaban J connectivity index is 4.37. The number of aliphatic hydroxyl groups is 4. The van der Waals surface area contributed by atoms with Crippen molar-refractivity contribution >= 4 is 6.29 Å². The molecule has 4 N–H and O–H groups in total. The third-order valence-corrected chi connectivity index (χ3v) is 1.24. The molecule has 0 heterocycles. The van der Waals surface area contributed by atoms with Crippen molar-refractivity contribution in [1.82, 2.24) is 0 Å². The molecule has 0 aliphatic carbocycles. The maximum Gasteiger partial charge on any atom is 0.151 e. The Labute approximate surface area is 65.3 Å². The number of hydrogen-bond acceptors (Lipinski definition) is 5. The van der Waals surface area contributed by atoms with Crippen LogP contribution in [0.15, 0.2) is 0 Å². The van der Waals surface area contributed by atoms with Crippen LogP contribution in [0.4, 0.5) is 0 Å². The van der Waals surface area contributed by atoms with Crippen molar-refractivity contribution in [2.45, 2.75) is 31.3 Å². The minimum absolute atomic E-state index is 0.219. The average Bonchev–Trinajstić information content (AvgIpc) is 2.01. The van der Waals surface area contributed by atoms with Crippen LogP contribution in [-0.4, -0.2) is 51.1 Å². The molecule has 0 aromatic heterocycles. The fourth-order valence-electron chi connectivity index (χ4n) is 0.508. The number of carbonyl (C=O) groups is 1. The van der Waals surface area contributed by atoms with Crippen molar-refractivity contribution in [3.63, 3.8) is 0 Å². The molecule has 0 unspecified atom stereocenters. The fourth-order valence-corrected chi connectivity index (χ4v) is 0.508. The monoisotopic (exact) mass is 166 g/mol. The van der Waals surface area contributed by atoms with Crippen molar-refractivity contribution in [2.75, 3.05) is 0 Å². The molecule has 0 spiro atoms. The van der Waals surface area contributed by atoms with E-state index in [1.165, 1.54) is 0 Å². The van der Waals surface area contributed by atoms with E-state index in [4.69, 9.17) is 21.8 Å². The lowest BCUT2D eigenvalue weighted by molar-refractivity contribution is -0.132. The summed E-state index contributed by atoms with van der Waals surface area (Å²) >= 11 is 0. The van der Waals surface area contributed by atoms with Crippen LogP contribution in [0, 0.1) is 0 Å². The molecule has 0 aromatic carbocycles. The van der Waals surface area contributed by atoms with Crippen molar-refractivity contribution in [3.8, 4) is 0 Å². The largest absolute Gasteiger partial charge is 0.391 e. The van der Waals surface area contributed by atoms with Gasteiger partial charge in [0.2, 0.25) is 0 Å². The molecular weight excluding hydrogens is 152 g/mol. The van der Waals surface area contributed by atoms with Crippen LogP contribution < -0.4 is 0 Å². The van der Waals surface area contributed by atoms with Crippen molar-refractivity contribution in [1.29, 1.82) is 0 Å². The van der Waals surface area contributed by atoms with E-state index >= 15 is 0 Å². The number of aliphatic hydroxyl groups excluding tert-OH is 3. The van der Waals surface area contributed by atoms with E-state index in [0.717, 1.165) is 6.92 Å². The molecule has 0 radical (unpaired) electrons. The summed E-state index contributed by atoms with van der Waals surface area (Å²) in [5, 5.41) is 35.4. The zero-order valence-corrected chi connectivity index (χ0v) is 6.01. The zero-order chi connectivity index (χ0) is 9.94. The summed E-state index contributed by atoms with van der Waals surface area (Å²) < 4.78 is 6.77. The standard InChI is InChI=1S/C6H12O5/c1-3(8)5(10)6(11)4(9)2-7/h2-6,8-11H,1H3/t3-,4+,5-,6-/m1/s1/i4T. The second kappa shape index (κ2) is 4.40. The second-order valence-corrected chi connectivity index (χ2v) is 2.22. The lowest BCUT2D eigenvalue weighted by atomic mass is 10.1. The van der Waals surface area contributed by atoms with E-state index < -0.39 is 24.4 Å². The molecular formula is C6H12O5. The van der Waals surface area contributed by atoms with Gasteiger partial charge in [0.1, 0.15) is 18.3 Å². The van der Waals surface area contributed by atoms with Crippen LogP contribution in [0.1, 0.15) is 8.29 Å². The number of aldehydes is 1. The molecule has 4 atom stereocenters. The van der Waals surface area contributed by atoms with E-state index in [2.05, 4.69) is 0 Å². The first-order chi connectivity index (χ1) is 5.33. The summed E-state index contributed by atoms with van der Waals surface area (Å²) in [5.41, 5.74) is 0. The van der Waals surface area contributed by atoms with Gasteiger partial charge in [-0.05, 0) is 6.92 Å². The molecule has 11 heavy (non-hydrogen) atoms. The van der Waals surface area contributed by atoms with Crippen LogP contribution in [0.3, 0.4) is 0 Å². The number of hydrogen-bond donors (Lipinski definition) is 4. The van der Waals surface area contributed by atoms with Gasteiger partial charge in [0.05, 0.1) is 7.47 Å². The van der Waals surface area contributed by atoms with Gasteiger partial charge in [-0.15, -0.1) is 0 Å². The van der Waals surface area contributed by atoms with Gasteiger partial charge in [0, 0.05) is 0 Å². The quantitative estimate of drug-likeness (QED) is 0.350. The minimum atomic E-state index is -2.78. The van der Waals surface area contributed by atoms with E-state index in [0.29, 0.717) is 0 Å². The summed E-state index contributed by atoms with van der Waals surface area (Å²) in [6.07, 6.45) is -8.07. The van der Waals surface area contributed by atoms with Gasteiger partial charge in [-0.3, -0.25) is 0 Å². The summed E-state index contributed by atoms with van der Waals surface area (Å²) in [5.74, 6) is 0. The maximum absolute atomic E-state index is 10.0. The molecule has 0 bridgehead atoms. The number of rotatable bonds is 4. The van der Waals surface area contributed by atoms with Gasteiger partial charge >= 0.3 is 0 Å². The van der Waals surface area contributed by atoms with Gasteiger partial charge in [0.15, 0.2) is 6.29 Å². The Kier molecular flexibility index (Phi) is 3.44. The van der Waals surface area contributed by atoms with Crippen molar-refractivity contribution in [2.24, 2.45) is 0 Å². The van der Waals surface area contributed by atoms with Crippen LogP contribution in [0.2, 0.25) is 0 Å². The SMILES string of the molecule is [3H][C@](O)(C=O)[C@@H](O)[C@H](O)[C@@H](C)O. The van der Waals surface area contributed by atoms with Crippen molar-refractivity contribution in [3.05, 3.63) is 0 Å². The molecule has 0 amide bonds. The average molecular weight is 166 g/mol. The highest BCUT2D eigenvalue weighted by Crippen LogP contribution is 2.02. The summed E-state index contributed by atoms with van der Waals surface area (Å²) in [6, 6.07) is 0. The fraction of sp³-hybridized carbons (Fsp3) is 0.833. The number of carbonyl (C=O) groups excluding carboxylic acids is 1. The molecule has 0 rings (SSSR count). The Morgan fingerprint density at radius 1 is 1.27 bits per heavy atom. The predicted octanol–water partition coefficient (Wildman–Crippen LogP) is -2.35.